The first kappa shape index (κ1) is 13.9. The van der Waals surface area contributed by atoms with E-state index in [-0.39, 0.29) is 0 Å². The van der Waals surface area contributed by atoms with Crippen molar-refractivity contribution in [1.29, 1.82) is 0 Å². The Morgan fingerprint density at radius 3 is 2.95 bits per heavy atom. The lowest BCUT2D eigenvalue weighted by Crippen LogP contribution is -2.29. The van der Waals surface area contributed by atoms with Gasteiger partial charge in [-0.05, 0) is 53.8 Å². The average Bonchev–Trinajstić information content (AvgIpc) is 3.04. The van der Waals surface area contributed by atoms with Crippen molar-refractivity contribution in [2.24, 2.45) is 5.92 Å². The van der Waals surface area contributed by atoms with Crippen molar-refractivity contribution in [2.75, 3.05) is 12.4 Å². The van der Waals surface area contributed by atoms with Gasteiger partial charge in [-0.3, -0.25) is 0 Å². The first-order valence-corrected chi connectivity index (χ1v) is 8.42. The molecule has 0 amide bonds. The van der Waals surface area contributed by atoms with Crippen molar-refractivity contribution in [3.63, 3.8) is 0 Å². The molecule has 2 aliphatic rings. The molecule has 0 saturated heterocycles. The molecule has 0 saturated carbocycles. The standard InChI is InChI=1S/C19H18BrNO/c1-22-14-5-2-4-12(10-14)19-16-7-3-6-15(16)17-11-13(20)8-9-18(17)21-19/h2-6,8-11,15-16,19,21H,7H2,1H3. The summed E-state index contributed by atoms with van der Waals surface area (Å²) in [4.78, 5) is 0. The van der Waals surface area contributed by atoms with E-state index < -0.39 is 0 Å². The third kappa shape index (κ3) is 2.24. The summed E-state index contributed by atoms with van der Waals surface area (Å²) in [7, 11) is 1.72. The third-order valence-corrected chi connectivity index (χ3v) is 5.27. The molecule has 0 spiro atoms. The summed E-state index contributed by atoms with van der Waals surface area (Å²) in [5.41, 5.74) is 3.93. The molecule has 2 aromatic rings. The van der Waals surface area contributed by atoms with E-state index >= 15 is 0 Å². The highest BCUT2D eigenvalue weighted by Crippen LogP contribution is 2.50. The molecule has 3 heteroatoms. The van der Waals surface area contributed by atoms with E-state index in [1.54, 1.807) is 7.11 Å². The second kappa shape index (κ2) is 5.47. The zero-order valence-corrected chi connectivity index (χ0v) is 14.0. The van der Waals surface area contributed by atoms with E-state index in [1.807, 2.05) is 6.07 Å². The Balaban J connectivity index is 1.77. The highest BCUT2D eigenvalue weighted by atomic mass is 79.9. The van der Waals surface area contributed by atoms with Gasteiger partial charge in [-0.25, -0.2) is 0 Å². The van der Waals surface area contributed by atoms with E-state index in [1.165, 1.54) is 16.8 Å². The maximum Gasteiger partial charge on any atom is 0.119 e. The van der Waals surface area contributed by atoms with Gasteiger partial charge in [0.1, 0.15) is 5.75 Å². The van der Waals surface area contributed by atoms with Gasteiger partial charge in [-0.15, -0.1) is 0 Å². The summed E-state index contributed by atoms with van der Waals surface area (Å²) in [6.45, 7) is 0. The summed E-state index contributed by atoms with van der Waals surface area (Å²) in [5, 5.41) is 3.75. The molecule has 4 rings (SSSR count). The molecule has 112 valence electrons. The number of allylic oxidation sites excluding steroid dienone is 2. The van der Waals surface area contributed by atoms with Gasteiger partial charge in [0, 0.05) is 16.1 Å². The molecule has 3 unspecified atom stereocenters. The SMILES string of the molecule is COc1cccc(C2Nc3ccc(Br)cc3C3C=CCC32)c1. The minimum absolute atomic E-state index is 0.323. The molecule has 0 fully saturated rings. The molecule has 1 N–H and O–H groups in total. The van der Waals surface area contributed by atoms with Crippen LogP contribution < -0.4 is 10.1 Å². The minimum atomic E-state index is 0.323. The van der Waals surface area contributed by atoms with Gasteiger partial charge in [-0.2, -0.15) is 0 Å². The summed E-state index contributed by atoms with van der Waals surface area (Å²) < 4.78 is 6.54. The van der Waals surface area contributed by atoms with E-state index in [2.05, 4.69) is 69.8 Å². The fourth-order valence-electron chi connectivity index (χ4n) is 3.73. The lowest BCUT2D eigenvalue weighted by molar-refractivity contribution is 0.406. The fraction of sp³-hybridized carbons (Fsp3) is 0.263. The quantitative estimate of drug-likeness (QED) is 0.739. The molecule has 0 radical (unpaired) electrons. The molecular weight excluding hydrogens is 338 g/mol. The lowest BCUT2D eigenvalue weighted by atomic mass is 9.77. The monoisotopic (exact) mass is 355 g/mol. The Kier molecular flexibility index (Phi) is 3.45. The Hall–Kier alpha value is -1.74. The van der Waals surface area contributed by atoms with Gasteiger partial charge < -0.3 is 10.1 Å². The maximum absolute atomic E-state index is 5.39. The van der Waals surface area contributed by atoms with Crippen molar-refractivity contribution < 1.29 is 4.74 Å². The van der Waals surface area contributed by atoms with E-state index in [0.29, 0.717) is 17.9 Å². The summed E-state index contributed by atoms with van der Waals surface area (Å²) in [5.74, 6) is 1.97. The zero-order chi connectivity index (χ0) is 15.1. The molecule has 1 aliphatic carbocycles. The second-order valence-electron chi connectivity index (χ2n) is 5.98. The van der Waals surface area contributed by atoms with Crippen molar-refractivity contribution >= 4 is 21.6 Å². The number of methoxy groups -OCH3 is 1. The van der Waals surface area contributed by atoms with Crippen LogP contribution in [0.3, 0.4) is 0 Å². The van der Waals surface area contributed by atoms with Crippen LogP contribution in [-0.2, 0) is 0 Å². The van der Waals surface area contributed by atoms with Gasteiger partial charge in [0.25, 0.3) is 0 Å². The smallest absolute Gasteiger partial charge is 0.119 e. The van der Waals surface area contributed by atoms with Crippen LogP contribution in [0.15, 0.2) is 59.1 Å². The van der Waals surface area contributed by atoms with Crippen LogP contribution in [0.25, 0.3) is 0 Å². The second-order valence-corrected chi connectivity index (χ2v) is 6.90. The third-order valence-electron chi connectivity index (χ3n) is 4.78. The number of hydrogen-bond donors (Lipinski definition) is 1. The van der Waals surface area contributed by atoms with Crippen molar-refractivity contribution in [2.45, 2.75) is 18.4 Å². The van der Waals surface area contributed by atoms with Crippen LogP contribution in [-0.4, -0.2) is 7.11 Å². The van der Waals surface area contributed by atoms with Gasteiger partial charge in [0.2, 0.25) is 0 Å². The number of nitrogens with one attached hydrogen (secondary N) is 1. The molecule has 2 aromatic carbocycles. The van der Waals surface area contributed by atoms with E-state index in [4.69, 9.17) is 4.74 Å². The van der Waals surface area contributed by atoms with E-state index in [9.17, 15) is 0 Å². The topological polar surface area (TPSA) is 21.3 Å². The van der Waals surface area contributed by atoms with Crippen LogP contribution in [0.2, 0.25) is 0 Å². The minimum Gasteiger partial charge on any atom is -0.497 e. The largest absolute Gasteiger partial charge is 0.497 e. The van der Waals surface area contributed by atoms with Gasteiger partial charge in [-0.1, -0.05) is 40.2 Å². The van der Waals surface area contributed by atoms with E-state index in [0.717, 1.165) is 16.6 Å². The van der Waals surface area contributed by atoms with Crippen LogP contribution in [0.5, 0.6) is 5.75 Å². The fourth-order valence-corrected chi connectivity index (χ4v) is 4.11. The Morgan fingerprint density at radius 1 is 1.18 bits per heavy atom. The molecule has 22 heavy (non-hydrogen) atoms. The highest BCUT2D eigenvalue weighted by molar-refractivity contribution is 9.10. The number of hydrogen-bond acceptors (Lipinski definition) is 2. The normalized spacial score (nSPS) is 25.3. The number of halogens is 1. The number of rotatable bonds is 2. The van der Waals surface area contributed by atoms with Gasteiger partial charge in [0.05, 0.1) is 13.2 Å². The van der Waals surface area contributed by atoms with Gasteiger partial charge in [0.15, 0.2) is 0 Å². The summed E-state index contributed by atoms with van der Waals surface area (Å²) >= 11 is 3.60. The summed E-state index contributed by atoms with van der Waals surface area (Å²) in [6.07, 6.45) is 5.80. The van der Waals surface area contributed by atoms with Crippen molar-refractivity contribution in [1.82, 2.24) is 0 Å². The van der Waals surface area contributed by atoms with Crippen molar-refractivity contribution in [3.8, 4) is 5.75 Å². The van der Waals surface area contributed by atoms with Crippen LogP contribution in [0.1, 0.15) is 29.5 Å². The molecule has 0 aromatic heterocycles. The number of benzene rings is 2. The number of anilines is 1. The van der Waals surface area contributed by atoms with Crippen LogP contribution in [0, 0.1) is 5.92 Å². The lowest BCUT2D eigenvalue weighted by Gasteiger charge is -2.37. The van der Waals surface area contributed by atoms with Crippen LogP contribution in [0.4, 0.5) is 5.69 Å². The maximum atomic E-state index is 5.39. The first-order chi connectivity index (χ1) is 10.8. The predicted octanol–water partition coefficient (Wildman–Crippen LogP) is 5.28. The predicted molar refractivity (Wildman–Crippen MR) is 93.5 cm³/mol. The Bertz CT molecular complexity index is 740. The Labute approximate surface area is 139 Å². The molecule has 3 atom stereocenters. The molecule has 0 bridgehead atoms. The summed E-state index contributed by atoms with van der Waals surface area (Å²) in [6, 6.07) is 15.3. The number of ether oxygens (including phenoxy) is 1. The Morgan fingerprint density at radius 2 is 2.09 bits per heavy atom. The molecular formula is C19H18BrNO. The van der Waals surface area contributed by atoms with Gasteiger partial charge >= 0.3 is 0 Å². The zero-order valence-electron chi connectivity index (χ0n) is 12.4. The van der Waals surface area contributed by atoms with Crippen LogP contribution >= 0.6 is 15.9 Å². The van der Waals surface area contributed by atoms with Crippen molar-refractivity contribution in [3.05, 3.63) is 70.2 Å². The number of fused-ring (bicyclic) bond motifs is 3. The first-order valence-electron chi connectivity index (χ1n) is 7.63. The average molecular weight is 356 g/mol. The molecule has 1 heterocycles. The molecule has 2 nitrogen and oxygen atoms in total. The highest BCUT2D eigenvalue weighted by Gasteiger charge is 2.37. The molecule has 1 aliphatic heterocycles.